The minimum Gasteiger partial charge on any atom is -0.488 e. The van der Waals surface area contributed by atoms with E-state index < -0.39 is 17.4 Å². The molecule has 0 radical (unpaired) electrons. The molecule has 170 valence electrons. The van der Waals surface area contributed by atoms with Crippen LogP contribution in [-0.4, -0.2) is 24.8 Å². The second kappa shape index (κ2) is 8.53. The number of tetrazole rings is 1. The van der Waals surface area contributed by atoms with Gasteiger partial charge in [0.25, 0.3) is 0 Å². The smallest absolute Gasteiger partial charge is 0.419 e. The van der Waals surface area contributed by atoms with Crippen LogP contribution in [0.1, 0.15) is 22.4 Å². The minimum atomic E-state index is -4.63. The Hall–Kier alpha value is -3.95. The monoisotopic (exact) mass is 455 g/mol. The predicted octanol–water partition coefficient (Wildman–Crippen LogP) is 4.24. The summed E-state index contributed by atoms with van der Waals surface area (Å²) in [5, 5.41) is 7.52. The second-order valence-electron chi connectivity index (χ2n) is 7.53. The molecular weight excluding hydrogens is 435 g/mol. The summed E-state index contributed by atoms with van der Waals surface area (Å²) in [5.74, 6) is -0.320. The van der Waals surface area contributed by atoms with Gasteiger partial charge in [0.1, 0.15) is 12.4 Å². The summed E-state index contributed by atoms with van der Waals surface area (Å²) in [6, 6.07) is 14.2. The van der Waals surface area contributed by atoms with Crippen LogP contribution in [0.2, 0.25) is 0 Å². The summed E-state index contributed by atoms with van der Waals surface area (Å²) >= 11 is 0. The van der Waals surface area contributed by atoms with Crippen molar-refractivity contribution in [3.8, 4) is 22.7 Å². The number of nitrogens with zero attached hydrogens (tertiary/aromatic N) is 5. The van der Waals surface area contributed by atoms with Gasteiger partial charge >= 0.3 is 11.9 Å². The summed E-state index contributed by atoms with van der Waals surface area (Å²) in [5.41, 5.74) is 1.74. The molecule has 0 N–H and O–H groups in total. The van der Waals surface area contributed by atoms with Gasteiger partial charge in [-0.1, -0.05) is 18.2 Å². The third-order valence-corrected chi connectivity index (χ3v) is 5.18. The molecule has 0 bridgehead atoms. The highest BCUT2D eigenvalue weighted by Gasteiger charge is 2.35. The maximum atomic E-state index is 13.9. The Kier molecular flexibility index (Phi) is 5.75. The lowest BCUT2D eigenvalue weighted by Gasteiger charge is -2.17. The maximum absolute atomic E-state index is 13.9. The van der Waals surface area contributed by atoms with Crippen LogP contribution in [0.4, 0.5) is 13.2 Å². The van der Waals surface area contributed by atoms with Gasteiger partial charge in [0, 0.05) is 23.9 Å². The zero-order chi connectivity index (χ0) is 23.8. The van der Waals surface area contributed by atoms with Crippen LogP contribution in [0.25, 0.3) is 16.9 Å². The van der Waals surface area contributed by atoms with Gasteiger partial charge in [-0.05, 0) is 66.2 Å². The van der Waals surface area contributed by atoms with Crippen molar-refractivity contribution in [3.05, 3.63) is 87.5 Å². The number of hydrogen-bond acceptors (Lipinski definition) is 5. The normalized spacial score (nSPS) is 11.6. The van der Waals surface area contributed by atoms with Crippen molar-refractivity contribution in [3.63, 3.8) is 0 Å². The Balaban J connectivity index is 1.71. The Morgan fingerprint density at radius 1 is 1.00 bits per heavy atom. The fraction of sp³-hybridized carbons (Fsp3) is 0.217. The van der Waals surface area contributed by atoms with Gasteiger partial charge in [0.2, 0.25) is 0 Å². The average Bonchev–Trinajstić information content (AvgIpc) is 3.10. The van der Waals surface area contributed by atoms with Crippen molar-refractivity contribution in [2.45, 2.75) is 26.6 Å². The molecule has 0 aliphatic rings. The first-order valence-corrected chi connectivity index (χ1v) is 10.0. The third-order valence-electron chi connectivity index (χ3n) is 5.18. The van der Waals surface area contributed by atoms with E-state index >= 15 is 0 Å². The van der Waals surface area contributed by atoms with Gasteiger partial charge in [-0.25, -0.2) is 4.79 Å². The Morgan fingerprint density at radius 3 is 2.42 bits per heavy atom. The molecule has 33 heavy (non-hydrogen) atoms. The quantitative estimate of drug-likeness (QED) is 0.450. The van der Waals surface area contributed by atoms with Gasteiger partial charge in [0.05, 0.1) is 16.9 Å². The molecule has 7 nitrogen and oxygen atoms in total. The van der Waals surface area contributed by atoms with Crippen LogP contribution in [0, 0.1) is 13.8 Å². The van der Waals surface area contributed by atoms with Gasteiger partial charge in [0.15, 0.2) is 0 Å². The Labute approximate surface area is 187 Å². The fourth-order valence-electron chi connectivity index (χ4n) is 3.43. The molecule has 10 heteroatoms. The highest BCUT2D eigenvalue weighted by Crippen LogP contribution is 2.39. The molecule has 4 rings (SSSR count). The highest BCUT2D eigenvalue weighted by molar-refractivity contribution is 5.62. The highest BCUT2D eigenvalue weighted by atomic mass is 19.4. The summed E-state index contributed by atoms with van der Waals surface area (Å²) in [4.78, 5) is 16.6. The van der Waals surface area contributed by atoms with Gasteiger partial charge in [-0.2, -0.15) is 22.5 Å². The van der Waals surface area contributed by atoms with E-state index in [4.69, 9.17) is 4.74 Å². The van der Waals surface area contributed by atoms with E-state index in [0.29, 0.717) is 28.2 Å². The largest absolute Gasteiger partial charge is 0.488 e. The number of alkyl halides is 3. The molecule has 0 spiro atoms. The van der Waals surface area contributed by atoms with Crippen molar-refractivity contribution in [2.75, 3.05) is 0 Å². The molecular formula is C23H20F3N5O2. The molecule has 0 saturated carbocycles. The van der Waals surface area contributed by atoms with E-state index in [2.05, 4.69) is 15.4 Å². The number of ether oxygens (including phenoxy) is 1. The summed E-state index contributed by atoms with van der Waals surface area (Å²) in [7, 11) is 1.46. The number of benzene rings is 2. The number of aryl methyl sites for hydroxylation is 3. The molecule has 0 fully saturated rings. The Bertz CT molecular complexity index is 1380. The van der Waals surface area contributed by atoms with E-state index in [-0.39, 0.29) is 12.4 Å². The van der Waals surface area contributed by atoms with E-state index in [1.54, 1.807) is 50.2 Å². The third kappa shape index (κ3) is 4.50. The zero-order valence-electron chi connectivity index (χ0n) is 18.1. The molecule has 2 aromatic heterocycles. The van der Waals surface area contributed by atoms with Crippen LogP contribution in [0.3, 0.4) is 0 Å². The van der Waals surface area contributed by atoms with Crippen LogP contribution >= 0.6 is 0 Å². The van der Waals surface area contributed by atoms with Crippen molar-refractivity contribution in [1.29, 1.82) is 0 Å². The predicted molar refractivity (Wildman–Crippen MR) is 115 cm³/mol. The standard InChI is InChI=1S/C23H20F3N5O2/c1-14-6-4-9-20(31-22(32)30(3)28-29-31)17(14)13-33-21-11-10-16(12-18(21)23(24,25)26)19-8-5-7-15(2)27-19/h4-12H,13H2,1-3H3. The lowest BCUT2D eigenvalue weighted by atomic mass is 10.1. The lowest BCUT2D eigenvalue weighted by Crippen LogP contribution is -2.23. The van der Waals surface area contributed by atoms with Crippen molar-refractivity contribution in [1.82, 2.24) is 24.8 Å². The molecule has 0 aliphatic carbocycles. The number of rotatable bonds is 5. The van der Waals surface area contributed by atoms with E-state index in [9.17, 15) is 18.0 Å². The average molecular weight is 455 g/mol. The van der Waals surface area contributed by atoms with Gasteiger partial charge in [-0.15, -0.1) is 0 Å². The number of halogens is 3. The Morgan fingerprint density at radius 2 is 1.76 bits per heavy atom. The molecule has 2 aromatic carbocycles. The SMILES string of the molecule is Cc1cccc(-c2ccc(OCc3c(C)cccc3-n3nnn(C)c3=O)c(C(F)(F)F)c2)n1. The molecule has 0 saturated heterocycles. The lowest BCUT2D eigenvalue weighted by molar-refractivity contribution is -0.139. The summed E-state index contributed by atoms with van der Waals surface area (Å²) in [6.07, 6.45) is -4.63. The topological polar surface area (TPSA) is 74.8 Å². The first kappa shape index (κ1) is 22.3. The molecule has 0 atom stereocenters. The van der Waals surface area contributed by atoms with Crippen molar-refractivity contribution >= 4 is 0 Å². The zero-order valence-corrected chi connectivity index (χ0v) is 18.1. The molecule has 0 unspecified atom stereocenters. The van der Waals surface area contributed by atoms with Crippen LogP contribution in [0.5, 0.6) is 5.75 Å². The van der Waals surface area contributed by atoms with Crippen molar-refractivity contribution in [2.24, 2.45) is 7.05 Å². The minimum absolute atomic E-state index is 0.198. The fourth-order valence-corrected chi connectivity index (χ4v) is 3.43. The van der Waals surface area contributed by atoms with E-state index in [1.807, 2.05) is 0 Å². The molecule has 4 aromatic rings. The van der Waals surface area contributed by atoms with E-state index in [1.165, 1.54) is 19.2 Å². The van der Waals surface area contributed by atoms with Crippen LogP contribution in [0.15, 0.2) is 59.4 Å². The number of aromatic nitrogens is 5. The second-order valence-corrected chi connectivity index (χ2v) is 7.53. The number of hydrogen-bond donors (Lipinski definition) is 0. The van der Waals surface area contributed by atoms with Gasteiger partial charge < -0.3 is 4.74 Å². The van der Waals surface area contributed by atoms with Crippen LogP contribution < -0.4 is 10.4 Å². The van der Waals surface area contributed by atoms with E-state index in [0.717, 1.165) is 21.0 Å². The summed E-state index contributed by atoms with van der Waals surface area (Å²) < 4.78 is 49.4. The summed E-state index contributed by atoms with van der Waals surface area (Å²) in [6.45, 7) is 3.35. The number of pyridine rings is 1. The maximum Gasteiger partial charge on any atom is 0.419 e. The van der Waals surface area contributed by atoms with Crippen molar-refractivity contribution < 1.29 is 17.9 Å². The molecule has 2 heterocycles. The molecule has 0 aliphatic heterocycles. The first-order chi connectivity index (χ1) is 15.6. The van der Waals surface area contributed by atoms with Crippen LogP contribution in [-0.2, 0) is 19.8 Å². The molecule has 0 amide bonds. The first-order valence-electron chi connectivity index (χ1n) is 10.0. The van der Waals surface area contributed by atoms with Gasteiger partial charge in [-0.3, -0.25) is 4.98 Å².